The number of hydrogen-bond acceptors (Lipinski definition) is 2. The second-order valence-corrected chi connectivity index (χ2v) is 6.09. The molecule has 1 heterocycles. The fourth-order valence-electron chi connectivity index (χ4n) is 2.84. The lowest BCUT2D eigenvalue weighted by atomic mass is 10.2. The minimum atomic E-state index is -0.429. The van der Waals surface area contributed by atoms with Crippen LogP contribution in [0.15, 0.2) is 48.5 Å². The molecule has 0 unspecified atom stereocenters. The van der Waals surface area contributed by atoms with Crippen molar-refractivity contribution in [3.8, 4) is 0 Å². The zero-order valence-electron chi connectivity index (χ0n) is 14.0. The van der Waals surface area contributed by atoms with Crippen LogP contribution in [0.3, 0.4) is 0 Å². The molecule has 2 aromatic carbocycles. The van der Waals surface area contributed by atoms with E-state index >= 15 is 0 Å². The summed E-state index contributed by atoms with van der Waals surface area (Å²) in [5.41, 5.74) is 2.16. The van der Waals surface area contributed by atoms with Gasteiger partial charge in [0.1, 0.15) is 5.82 Å². The average molecular weight is 341 g/mol. The number of nitrogens with zero attached hydrogens (tertiary/aromatic N) is 2. The number of carbonyl (C=O) groups excluding carboxylic acids is 2. The summed E-state index contributed by atoms with van der Waals surface area (Å²) < 4.78 is 13.3. The number of carbonyl (C=O) groups is 2. The second kappa shape index (κ2) is 7.34. The Bertz CT molecular complexity index is 786. The molecule has 1 aliphatic rings. The maximum Gasteiger partial charge on any atom is 0.321 e. The highest BCUT2D eigenvalue weighted by molar-refractivity contribution is 5.94. The molecule has 0 radical (unpaired) electrons. The molecule has 5 nitrogen and oxygen atoms in total. The number of nitrogens with one attached hydrogen (secondary N) is 1. The number of aryl methyl sites for hydroxylation is 1. The normalized spacial score (nSPS) is 14.3. The quantitative estimate of drug-likeness (QED) is 0.912. The van der Waals surface area contributed by atoms with E-state index in [1.807, 2.05) is 31.2 Å². The van der Waals surface area contributed by atoms with Gasteiger partial charge in [-0.3, -0.25) is 4.79 Å². The Morgan fingerprint density at radius 1 is 0.960 bits per heavy atom. The van der Waals surface area contributed by atoms with E-state index < -0.39 is 5.82 Å². The fraction of sp³-hybridized carbons (Fsp3) is 0.263. The molecule has 25 heavy (non-hydrogen) atoms. The lowest BCUT2D eigenvalue weighted by Crippen LogP contribution is -2.51. The Hall–Kier alpha value is -2.89. The molecular weight excluding hydrogens is 321 g/mol. The van der Waals surface area contributed by atoms with Crippen LogP contribution in [-0.4, -0.2) is 47.9 Å². The third-order valence-corrected chi connectivity index (χ3v) is 4.20. The summed E-state index contributed by atoms with van der Waals surface area (Å²) in [5.74, 6) is -0.639. The van der Waals surface area contributed by atoms with Crippen molar-refractivity contribution in [3.05, 3.63) is 65.5 Å². The van der Waals surface area contributed by atoms with Crippen molar-refractivity contribution in [2.24, 2.45) is 0 Å². The van der Waals surface area contributed by atoms with Crippen molar-refractivity contribution in [1.29, 1.82) is 0 Å². The van der Waals surface area contributed by atoms with Gasteiger partial charge in [-0.05, 0) is 42.8 Å². The number of benzene rings is 2. The van der Waals surface area contributed by atoms with Crippen LogP contribution in [0.1, 0.15) is 15.9 Å². The summed E-state index contributed by atoms with van der Waals surface area (Å²) in [5, 5.41) is 2.87. The lowest BCUT2D eigenvalue weighted by Gasteiger charge is -2.34. The van der Waals surface area contributed by atoms with Gasteiger partial charge in [-0.2, -0.15) is 0 Å². The fourth-order valence-corrected chi connectivity index (χ4v) is 2.84. The van der Waals surface area contributed by atoms with Crippen LogP contribution in [0, 0.1) is 12.7 Å². The van der Waals surface area contributed by atoms with E-state index in [1.165, 1.54) is 18.2 Å². The average Bonchev–Trinajstić information content (AvgIpc) is 2.61. The molecule has 0 spiro atoms. The van der Waals surface area contributed by atoms with Crippen molar-refractivity contribution in [2.45, 2.75) is 6.92 Å². The number of piperazine rings is 1. The summed E-state index contributed by atoms with van der Waals surface area (Å²) in [4.78, 5) is 28.1. The summed E-state index contributed by atoms with van der Waals surface area (Å²) in [6, 6.07) is 13.1. The van der Waals surface area contributed by atoms with E-state index in [1.54, 1.807) is 15.9 Å². The highest BCUT2D eigenvalue weighted by atomic mass is 19.1. The van der Waals surface area contributed by atoms with Crippen LogP contribution in [-0.2, 0) is 0 Å². The monoisotopic (exact) mass is 341 g/mol. The summed E-state index contributed by atoms with van der Waals surface area (Å²) in [7, 11) is 0. The highest BCUT2D eigenvalue weighted by Gasteiger charge is 2.25. The first-order valence-electron chi connectivity index (χ1n) is 8.20. The molecule has 3 rings (SSSR count). The predicted molar refractivity (Wildman–Crippen MR) is 94.1 cm³/mol. The number of hydrogen-bond donors (Lipinski definition) is 1. The molecule has 1 saturated heterocycles. The van der Waals surface area contributed by atoms with Gasteiger partial charge < -0.3 is 15.1 Å². The SMILES string of the molecule is Cc1cccc(NC(=O)N2CCN(C(=O)c3cccc(F)c3)CC2)c1. The molecule has 130 valence electrons. The molecular formula is C19H20FN3O2. The maximum atomic E-state index is 13.3. The zero-order chi connectivity index (χ0) is 17.8. The number of halogens is 1. The van der Waals surface area contributed by atoms with E-state index in [2.05, 4.69) is 5.32 Å². The van der Waals surface area contributed by atoms with Gasteiger partial charge in [-0.25, -0.2) is 9.18 Å². The number of anilines is 1. The Morgan fingerprint density at radius 2 is 1.64 bits per heavy atom. The second-order valence-electron chi connectivity index (χ2n) is 6.09. The molecule has 0 atom stereocenters. The Balaban J connectivity index is 1.56. The molecule has 3 amide bonds. The molecule has 1 N–H and O–H groups in total. The zero-order valence-corrected chi connectivity index (χ0v) is 14.0. The predicted octanol–water partition coefficient (Wildman–Crippen LogP) is 3.12. The van der Waals surface area contributed by atoms with Crippen LogP contribution in [0.4, 0.5) is 14.9 Å². The molecule has 1 fully saturated rings. The first kappa shape index (κ1) is 17.0. The van der Waals surface area contributed by atoms with Crippen molar-refractivity contribution in [2.75, 3.05) is 31.5 Å². The van der Waals surface area contributed by atoms with Gasteiger partial charge in [0.25, 0.3) is 5.91 Å². The lowest BCUT2D eigenvalue weighted by molar-refractivity contribution is 0.0671. The minimum absolute atomic E-state index is 0.177. The third-order valence-electron chi connectivity index (χ3n) is 4.20. The molecule has 0 saturated carbocycles. The van der Waals surface area contributed by atoms with Gasteiger partial charge in [-0.1, -0.05) is 18.2 Å². The first-order chi connectivity index (χ1) is 12.0. The molecule has 0 bridgehead atoms. The molecule has 0 aromatic heterocycles. The summed E-state index contributed by atoms with van der Waals surface area (Å²) in [6.45, 7) is 3.71. The smallest absolute Gasteiger partial charge is 0.321 e. The van der Waals surface area contributed by atoms with Gasteiger partial charge in [0.15, 0.2) is 0 Å². The van der Waals surface area contributed by atoms with Crippen LogP contribution >= 0.6 is 0 Å². The third kappa shape index (κ3) is 4.15. The van der Waals surface area contributed by atoms with Crippen LogP contribution in [0.2, 0.25) is 0 Å². The summed E-state index contributed by atoms with van der Waals surface area (Å²) in [6.07, 6.45) is 0. The Morgan fingerprint density at radius 3 is 2.32 bits per heavy atom. The molecule has 2 aromatic rings. The van der Waals surface area contributed by atoms with Crippen LogP contribution < -0.4 is 5.32 Å². The Kier molecular flexibility index (Phi) is 4.97. The minimum Gasteiger partial charge on any atom is -0.335 e. The Labute approximate surface area is 146 Å². The van der Waals surface area contributed by atoms with Crippen molar-refractivity contribution in [1.82, 2.24) is 9.80 Å². The highest BCUT2D eigenvalue weighted by Crippen LogP contribution is 2.13. The van der Waals surface area contributed by atoms with E-state index in [9.17, 15) is 14.0 Å². The maximum absolute atomic E-state index is 13.3. The van der Waals surface area contributed by atoms with Gasteiger partial charge in [0.2, 0.25) is 0 Å². The van der Waals surface area contributed by atoms with Gasteiger partial charge in [0.05, 0.1) is 0 Å². The van der Waals surface area contributed by atoms with E-state index in [0.29, 0.717) is 31.7 Å². The molecule has 0 aliphatic carbocycles. The van der Waals surface area contributed by atoms with Crippen LogP contribution in [0.5, 0.6) is 0 Å². The number of amides is 3. The van der Waals surface area contributed by atoms with Crippen molar-refractivity contribution < 1.29 is 14.0 Å². The van der Waals surface area contributed by atoms with Crippen molar-refractivity contribution in [3.63, 3.8) is 0 Å². The summed E-state index contributed by atoms with van der Waals surface area (Å²) >= 11 is 0. The van der Waals surface area contributed by atoms with Crippen molar-refractivity contribution >= 4 is 17.6 Å². The number of rotatable bonds is 2. The topological polar surface area (TPSA) is 52.7 Å². The standard InChI is InChI=1S/C19H20FN3O2/c1-14-4-2-7-17(12-14)21-19(25)23-10-8-22(9-11-23)18(24)15-5-3-6-16(20)13-15/h2-7,12-13H,8-11H2,1H3,(H,21,25). The van der Waals surface area contributed by atoms with Gasteiger partial charge in [-0.15, -0.1) is 0 Å². The number of urea groups is 1. The van der Waals surface area contributed by atoms with Gasteiger partial charge >= 0.3 is 6.03 Å². The van der Waals surface area contributed by atoms with E-state index in [0.717, 1.165) is 11.3 Å². The largest absolute Gasteiger partial charge is 0.335 e. The van der Waals surface area contributed by atoms with Crippen LogP contribution in [0.25, 0.3) is 0 Å². The first-order valence-corrected chi connectivity index (χ1v) is 8.20. The molecule has 1 aliphatic heterocycles. The molecule has 6 heteroatoms. The van der Waals surface area contributed by atoms with E-state index in [4.69, 9.17) is 0 Å². The van der Waals surface area contributed by atoms with Gasteiger partial charge in [0, 0.05) is 37.4 Å². The van der Waals surface area contributed by atoms with E-state index in [-0.39, 0.29) is 11.9 Å².